The van der Waals surface area contributed by atoms with Crippen molar-refractivity contribution in [3.05, 3.63) is 50.8 Å². The van der Waals surface area contributed by atoms with E-state index in [1.165, 1.54) is 11.3 Å². The minimum absolute atomic E-state index is 0.106. The minimum Gasteiger partial charge on any atom is -0.340 e. The molecule has 0 bridgehead atoms. The summed E-state index contributed by atoms with van der Waals surface area (Å²) in [7, 11) is 0. The summed E-state index contributed by atoms with van der Waals surface area (Å²) in [5.41, 5.74) is 1.63. The van der Waals surface area contributed by atoms with Crippen LogP contribution in [0.2, 0.25) is 5.02 Å². The van der Waals surface area contributed by atoms with Gasteiger partial charge in [0, 0.05) is 49.1 Å². The Morgan fingerprint density at radius 1 is 1.30 bits per heavy atom. The number of thiophene rings is 1. The zero-order valence-corrected chi connectivity index (χ0v) is 16.4. The van der Waals surface area contributed by atoms with E-state index in [1.807, 2.05) is 34.5 Å². The molecule has 1 aromatic carbocycles. The summed E-state index contributed by atoms with van der Waals surface area (Å²) in [6.07, 6.45) is 0. The number of H-pyrrole nitrogens is 1. The van der Waals surface area contributed by atoms with Crippen LogP contribution >= 0.6 is 22.9 Å². The summed E-state index contributed by atoms with van der Waals surface area (Å²) >= 11 is 7.55. The number of carbonyl (C=O) groups is 1. The summed E-state index contributed by atoms with van der Waals surface area (Å²) in [5.74, 6) is 0.762. The fourth-order valence-electron chi connectivity index (χ4n) is 3.37. The molecule has 6 nitrogen and oxygen atoms in total. The highest BCUT2D eigenvalue weighted by Gasteiger charge is 2.20. The molecule has 1 N–H and O–H groups in total. The Morgan fingerprint density at radius 3 is 2.78 bits per heavy atom. The van der Waals surface area contributed by atoms with Gasteiger partial charge in [-0.25, -0.2) is 4.98 Å². The predicted octanol–water partition coefficient (Wildman–Crippen LogP) is 2.97. The second kappa shape index (κ2) is 7.42. The Bertz CT molecular complexity index is 1050. The lowest BCUT2D eigenvalue weighted by atomic mass is 10.1. The Morgan fingerprint density at radius 2 is 2.07 bits per heavy atom. The molecule has 0 saturated carbocycles. The monoisotopic (exact) mass is 402 g/mol. The van der Waals surface area contributed by atoms with E-state index in [9.17, 15) is 9.59 Å². The molecule has 1 aliphatic heterocycles. The second-order valence-corrected chi connectivity index (χ2v) is 7.93. The number of aromatic nitrogens is 2. The molecular weight excluding hydrogens is 384 g/mol. The molecule has 1 aliphatic rings. The van der Waals surface area contributed by atoms with Gasteiger partial charge in [0.25, 0.3) is 5.56 Å². The van der Waals surface area contributed by atoms with E-state index in [1.54, 1.807) is 6.92 Å². The van der Waals surface area contributed by atoms with Crippen LogP contribution in [0.25, 0.3) is 21.3 Å². The first-order valence-electron chi connectivity index (χ1n) is 8.75. The van der Waals surface area contributed by atoms with Gasteiger partial charge in [-0.2, -0.15) is 0 Å². The highest BCUT2D eigenvalue weighted by molar-refractivity contribution is 7.17. The number of amides is 1. The second-order valence-electron chi connectivity index (χ2n) is 6.63. The summed E-state index contributed by atoms with van der Waals surface area (Å²) in [6, 6.07) is 7.48. The number of carbonyl (C=O) groups excluding carboxylic acids is 1. The van der Waals surface area contributed by atoms with E-state index < -0.39 is 0 Å². The molecule has 1 saturated heterocycles. The lowest BCUT2D eigenvalue weighted by molar-refractivity contribution is -0.130. The molecule has 0 spiro atoms. The van der Waals surface area contributed by atoms with Crippen LogP contribution in [0.3, 0.4) is 0 Å². The predicted molar refractivity (Wildman–Crippen MR) is 108 cm³/mol. The van der Waals surface area contributed by atoms with Crippen molar-refractivity contribution in [2.24, 2.45) is 0 Å². The van der Waals surface area contributed by atoms with Crippen molar-refractivity contribution in [3.63, 3.8) is 0 Å². The van der Waals surface area contributed by atoms with E-state index in [0.717, 1.165) is 29.0 Å². The number of halogens is 1. The van der Waals surface area contributed by atoms with Gasteiger partial charge in [-0.15, -0.1) is 11.3 Å². The lowest BCUT2D eigenvalue weighted by Crippen LogP contribution is -2.47. The average molecular weight is 403 g/mol. The summed E-state index contributed by atoms with van der Waals surface area (Å²) < 4.78 is 0. The topological polar surface area (TPSA) is 69.3 Å². The largest absolute Gasteiger partial charge is 0.340 e. The van der Waals surface area contributed by atoms with Gasteiger partial charge in [-0.1, -0.05) is 23.7 Å². The Labute approximate surface area is 165 Å². The maximum Gasteiger partial charge on any atom is 0.260 e. The summed E-state index contributed by atoms with van der Waals surface area (Å²) in [6.45, 7) is 5.14. The first-order chi connectivity index (χ1) is 13.0. The molecule has 140 valence electrons. The molecule has 27 heavy (non-hydrogen) atoms. The van der Waals surface area contributed by atoms with E-state index in [2.05, 4.69) is 14.9 Å². The van der Waals surface area contributed by atoms with Gasteiger partial charge >= 0.3 is 0 Å². The molecular formula is C19H19ClN4O2S. The van der Waals surface area contributed by atoms with Gasteiger partial charge in [0.2, 0.25) is 5.91 Å². The van der Waals surface area contributed by atoms with E-state index in [4.69, 9.17) is 11.6 Å². The average Bonchev–Trinajstić information content (AvgIpc) is 3.07. The Kier molecular flexibility index (Phi) is 4.99. The van der Waals surface area contributed by atoms with Crippen LogP contribution < -0.4 is 5.56 Å². The van der Waals surface area contributed by atoms with Crippen molar-refractivity contribution in [3.8, 4) is 11.1 Å². The maximum atomic E-state index is 12.7. The molecule has 0 radical (unpaired) electrons. The number of fused-ring (bicyclic) bond motifs is 1. The van der Waals surface area contributed by atoms with E-state index >= 15 is 0 Å². The molecule has 2 aromatic heterocycles. The fraction of sp³-hybridized carbons (Fsp3) is 0.316. The molecule has 3 aromatic rings. The molecule has 1 fully saturated rings. The first kappa shape index (κ1) is 18.2. The molecule has 0 aliphatic carbocycles. The minimum atomic E-state index is -0.131. The van der Waals surface area contributed by atoms with Crippen LogP contribution in [-0.2, 0) is 11.3 Å². The number of hydrogen-bond acceptors (Lipinski definition) is 5. The van der Waals surface area contributed by atoms with Gasteiger partial charge in [-0.05, 0) is 17.7 Å². The number of piperazine rings is 1. The van der Waals surface area contributed by atoms with Crippen LogP contribution in [0, 0.1) is 0 Å². The van der Waals surface area contributed by atoms with Crippen molar-refractivity contribution in [2.45, 2.75) is 13.5 Å². The van der Waals surface area contributed by atoms with Gasteiger partial charge in [-0.3, -0.25) is 14.5 Å². The third-order valence-electron chi connectivity index (χ3n) is 4.82. The molecule has 4 rings (SSSR count). The number of benzene rings is 1. The Balaban J connectivity index is 1.59. The third-order valence-corrected chi connectivity index (χ3v) is 5.93. The van der Waals surface area contributed by atoms with Crippen LogP contribution in [0.5, 0.6) is 0 Å². The number of rotatable bonds is 3. The molecule has 0 unspecified atom stereocenters. The van der Waals surface area contributed by atoms with Gasteiger partial charge in [0.1, 0.15) is 10.7 Å². The SMILES string of the molecule is CC(=O)N1CCN(Cc2nc3scc(-c4cccc(Cl)c4)c3c(=O)[nH]2)CC1. The van der Waals surface area contributed by atoms with Gasteiger partial charge in [0.05, 0.1) is 11.9 Å². The van der Waals surface area contributed by atoms with Crippen molar-refractivity contribution in [1.29, 1.82) is 0 Å². The third kappa shape index (κ3) is 3.76. The van der Waals surface area contributed by atoms with Crippen molar-refractivity contribution >= 4 is 39.1 Å². The lowest BCUT2D eigenvalue weighted by Gasteiger charge is -2.33. The van der Waals surface area contributed by atoms with Crippen molar-refractivity contribution in [1.82, 2.24) is 19.8 Å². The number of hydrogen-bond donors (Lipinski definition) is 1. The summed E-state index contributed by atoms with van der Waals surface area (Å²) in [5, 5.41) is 3.19. The van der Waals surface area contributed by atoms with Crippen molar-refractivity contribution < 1.29 is 4.79 Å². The molecule has 0 atom stereocenters. The maximum absolute atomic E-state index is 12.7. The fourth-order valence-corrected chi connectivity index (χ4v) is 4.53. The first-order valence-corrected chi connectivity index (χ1v) is 10.0. The van der Waals surface area contributed by atoms with Gasteiger partial charge in [0.15, 0.2) is 0 Å². The zero-order chi connectivity index (χ0) is 19.0. The van der Waals surface area contributed by atoms with Crippen LogP contribution in [0.4, 0.5) is 0 Å². The molecule has 1 amide bonds. The normalized spacial score (nSPS) is 15.4. The number of nitrogens with one attached hydrogen (secondary N) is 1. The quantitative estimate of drug-likeness (QED) is 0.731. The van der Waals surface area contributed by atoms with Crippen LogP contribution in [-0.4, -0.2) is 51.9 Å². The van der Waals surface area contributed by atoms with E-state index in [-0.39, 0.29) is 11.5 Å². The highest BCUT2D eigenvalue weighted by Crippen LogP contribution is 2.32. The zero-order valence-electron chi connectivity index (χ0n) is 14.9. The van der Waals surface area contributed by atoms with Crippen LogP contribution in [0.1, 0.15) is 12.7 Å². The molecule has 8 heteroatoms. The highest BCUT2D eigenvalue weighted by atomic mass is 35.5. The van der Waals surface area contributed by atoms with Crippen LogP contribution in [0.15, 0.2) is 34.4 Å². The number of nitrogens with zero attached hydrogens (tertiary/aromatic N) is 3. The standard InChI is InChI=1S/C19H19ClN4O2S/c1-12(25)24-7-5-23(6-8-24)10-16-21-18(26)17-15(11-27-19(17)22-16)13-3-2-4-14(20)9-13/h2-4,9,11H,5-8,10H2,1H3,(H,21,22,26). The molecule has 3 heterocycles. The smallest absolute Gasteiger partial charge is 0.260 e. The summed E-state index contributed by atoms with van der Waals surface area (Å²) in [4.78, 5) is 36.5. The number of aromatic amines is 1. The van der Waals surface area contributed by atoms with Crippen molar-refractivity contribution in [2.75, 3.05) is 26.2 Å². The van der Waals surface area contributed by atoms with E-state index in [0.29, 0.717) is 35.9 Å². The van der Waals surface area contributed by atoms with Gasteiger partial charge < -0.3 is 9.88 Å². The Hall–Kier alpha value is -2.22.